The van der Waals surface area contributed by atoms with E-state index in [1.165, 1.54) is 53.3 Å². The minimum atomic E-state index is 0. The molecule has 3 heteroatoms. The first-order chi connectivity index (χ1) is 12.8. The average molecular weight is 379 g/mol. The molecule has 0 radical (unpaired) electrons. The Bertz CT molecular complexity index is 919. The molecule has 2 nitrogen and oxygen atoms in total. The molecule has 1 aromatic heterocycles. The summed E-state index contributed by atoms with van der Waals surface area (Å²) in [6.45, 7) is 4.50. The molecule has 0 aliphatic carbocycles. The Balaban J connectivity index is 0.00000210. The standard InChI is InChI=1S/C24H26N2.ClH/c1-19-18-25-22(17-24(19)26-15-6-2-3-7-16-26)14-13-21-11-8-10-20-9-4-5-12-23(20)21;/h4-5,8-14,17-18H,2-3,6-7,15-16H2,1H3;1H/b14-13+;. The van der Waals surface area contributed by atoms with Crippen LogP contribution in [0.25, 0.3) is 22.9 Å². The number of hydrogen-bond acceptors (Lipinski definition) is 2. The van der Waals surface area contributed by atoms with E-state index in [9.17, 15) is 0 Å². The summed E-state index contributed by atoms with van der Waals surface area (Å²) in [5, 5.41) is 2.56. The number of aromatic nitrogens is 1. The summed E-state index contributed by atoms with van der Waals surface area (Å²) in [7, 11) is 0. The molecule has 0 saturated carbocycles. The Morgan fingerprint density at radius 3 is 2.44 bits per heavy atom. The summed E-state index contributed by atoms with van der Waals surface area (Å²) < 4.78 is 0. The second-order valence-electron chi connectivity index (χ2n) is 7.20. The highest BCUT2D eigenvalue weighted by molar-refractivity contribution is 5.92. The van der Waals surface area contributed by atoms with Gasteiger partial charge < -0.3 is 4.90 Å². The number of anilines is 1. The molecule has 1 fully saturated rings. The Hall–Kier alpha value is -2.32. The summed E-state index contributed by atoms with van der Waals surface area (Å²) in [6, 6.07) is 17.2. The number of nitrogens with zero attached hydrogens (tertiary/aromatic N) is 2. The highest BCUT2D eigenvalue weighted by Crippen LogP contribution is 2.25. The summed E-state index contributed by atoms with van der Waals surface area (Å²) in [5.74, 6) is 0. The van der Waals surface area contributed by atoms with E-state index in [1.807, 2.05) is 6.20 Å². The second-order valence-corrected chi connectivity index (χ2v) is 7.20. The van der Waals surface area contributed by atoms with Gasteiger partial charge in [-0.1, -0.05) is 61.4 Å². The Kier molecular flexibility index (Phi) is 6.52. The predicted octanol–water partition coefficient (Wildman–Crippen LogP) is 6.52. The third-order valence-electron chi connectivity index (χ3n) is 5.30. The maximum Gasteiger partial charge on any atom is 0.0650 e. The van der Waals surface area contributed by atoms with E-state index in [-0.39, 0.29) is 12.4 Å². The molecule has 1 aliphatic heterocycles. The first-order valence-electron chi connectivity index (χ1n) is 9.69. The van der Waals surface area contributed by atoms with E-state index in [0.717, 1.165) is 18.8 Å². The predicted molar refractivity (Wildman–Crippen MR) is 120 cm³/mol. The number of halogens is 1. The van der Waals surface area contributed by atoms with E-state index in [1.54, 1.807) is 0 Å². The molecule has 2 aromatic carbocycles. The molecule has 0 atom stereocenters. The normalized spacial score (nSPS) is 14.9. The number of aryl methyl sites for hydroxylation is 1. The van der Waals surface area contributed by atoms with Crippen molar-refractivity contribution >= 4 is 41.0 Å². The minimum absolute atomic E-state index is 0. The van der Waals surface area contributed by atoms with Crippen LogP contribution in [0.3, 0.4) is 0 Å². The van der Waals surface area contributed by atoms with Crippen molar-refractivity contribution in [3.8, 4) is 0 Å². The molecule has 0 bridgehead atoms. The summed E-state index contributed by atoms with van der Waals surface area (Å²) in [6.07, 6.45) is 11.6. The quantitative estimate of drug-likeness (QED) is 0.516. The average Bonchev–Trinajstić information content (AvgIpc) is 2.97. The smallest absolute Gasteiger partial charge is 0.0650 e. The van der Waals surface area contributed by atoms with Crippen molar-refractivity contribution in [3.63, 3.8) is 0 Å². The van der Waals surface area contributed by atoms with Crippen LogP contribution in [0.4, 0.5) is 5.69 Å². The lowest BCUT2D eigenvalue weighted by atomic mass is 10.0. The van der Waals surface area contributed by atoms with Crippen LogP contribution in [0.5, 0.6) is 0 Å². The van der Waals surface area contributed by atoms with Gasteiger partial charge in [0.1, 0.15) is 0 Å². The molecule has 0 amide bonds. The van der Waals surface area contributed by atoms with Gasteiger partial charge in [0.25, 0.3) is 0 Å². The molecular formula is C24H27ClN2. The number of benzene rings is 2. The van der Waals surface area contributed by atoms with Gasteiger partial charge in [-0.25, -0.2) is 0 Å². The minimum Gasteiger partial charge on any atom is -0.371 e. The van der Waals surface area contributed by atoms with Crippen LogP contribution in [0.15, 0.2) is 54.7 Å². The van der Waals surface area contributed by atoms with Gasteiger partial charge in [0.05, 0.1) is 5.69 Å². The zero-order valence-electron chi connectivity index (χ0n) is 15.9. The van der Waals surface area contributed by atoms with Gasteiger partial charge in [0, 0.05) is 25.0 Å². The van der Waals surface area contributed by atoms with Gasteiger partial charge >= 0.3 is 0 Å². The van der Waals surface area contributed by atoms with Crippen molar-refractivity contribution in [2.24, 2.45) is 0 Å². The van der Waals surface area contributed by atoms with E-state index >= 15 is 0 Å². The number of fused-ring (bicyclic) bond motifs is 1. The maximum absolute atomic E-state index is 4.64. The summed E-state index contributed by atoms with van der Waals surface area (Å²) >= 11 is 0. The van der Waals surface area contributed by atoms with E-state index < -0.39 is 0 Å². The topological polar surface area (TPSA) is 16.1 Å². The van der Waals surface area contributed by atoms with Crippen LogP contribution < -0.4 is 4.90 Å². The van der Waals surface area contributed by atoms with Crippen LogP contribution in [-0.2, 0) is 0 Å². The molecule has 140 valence electrons. The highest BCUT2D eigenvalue weighted by atomic mass is 35.5. The summed E-state index contributed by atoms with van der Waals surface area (Å²) in [4.78, 5) is 7.18. The fourth-order valence-corrected chi connectivity index (χ4v) is 3.84. The Morgan fingerprint density at radius 2 is 1.63 bits per heavy atom. The van der Waals surface area contributed by atoms with Crippen LogP contribution in [0, 0.1) is 6.92 Å². The zero-order chi connectivity index (χ0) is 17.8. The van der Waals surface area contributed by atoms with E-state index in [4.69, 9.17) is 0 Å². The van der Waals surface area contributed by atoms with Gasteiger partial charge in [-0.05, 0) is 53.8 Å². The van der Waals surface area contributed by atoms with Crippen molar-refractivity contribution < 1.29 is 0 Å². The second kappa shape index (κ2) is 9.05. The van der Waals surface area contributed by atoms with Gasteiger partial charge in [-0.15, -0.1) is 12.4 Å². The van der Waals surface area contributed by atoms with Gasteiger partial charge in [-0.2, -0.15) is 0 Å². The molecule has 0 spiro atoms. The molecule has 2 heterocycles. The molecule has 3 aromatic rings. The van der Waals surface area contributed by atoms with Gasteiger partial charge in [0.15, 0.2) is 0 Å². The van der Waals surface area contributed by atoms with Crippen LogP contribution >= 0.6 is 12.4 Å². The molecule has 0 unspecified atom stereocenters. The first kappa shape index (κ1) is 19.4. The number of pyridine rings is 1. The van der Waals surface area contributed by atoms with E-state index in [2.05, 4.69) is 77.5 Å². The number of hydrogen-bond donors (Lipinski definition) is 0. The molecule has 1 aliphatic rings. The lowest BCUT2D eigenvalue weighted by Gasteiger charge is -2.24. The lowest BCUT2D eigenvalue weighted by Crippen LogP contribution is -2.24. The lowest BCUT2D eigenvalue weighted by molar-refractivity contribution is 0.726. The maximum atomic E-state index is 4.64. The number of rotatable bonds is 3. The van der Waals surface area contributed by atoms with Crippen molar-refractivity contribution in [1.82, 2.24) is 4.98 Å². The Labute approximate surface area is 168 Å². The molecule has 27 heavy (non-hydrogen) atoms. The Morgan fingerprint density at radius 1 is 0.889 bits per heavy atom. The van der Waals surface area contributed by atoms with Crippen molar-refractivity contribution in [2.45, 2.75) is 32.6 Å². The molecule has 1 saturated heterocycles. The molecule has 4 rings (SSSR count). The van der Waals surface area contributed by atoms with Crippen molar-refractivity contribution in [1.29, 1.82) is 0 Å². The highest BCUT2D eigenvalue weighted by Gasteiger charge is 2.12. The van der Waals surface area contributed by atoms with Crippen LogP contribution in [0.1, 0.15) is 42.5 Å². The van der Waals surface area contributed by atoms with Gasteiger partial charge in [0.2, 0.25) is 0 Å². The third kappa shape index (κ3) is 4.51. The monoisotopic (exact) mass is 378 g/mol. The van der Waals surface area contributed by atoms with Gasteiger partial charge in [-0.3, -0.25) is 4.98 Å². The molecule has 0 N–H and O–H groups in total. The zero-order valence-corrected chi connectivity index (χ0v) is 16.7. The molecular weight excluding hydrogens is 352 g/mol. The SMILES string of the molecule is Cc1cnc(/C=C/c2cccc3ccccc23)cc1N1CCCCCC1.Cl. The third-order valence-corrected chi connectivity index (χ3v) is 5.30. The van der Waals surface area contributed by atoms with Crippen molar-refractivity contribution in [2.75, 3.05) is 18.0 Å². The first-order valence-corrected chi connectivity index (χ1v) is 9.69. The fraction of sp³-hybridized carbons (Fsp3) is 0.292. The van der Waals surface area contributed by atoms with Crippen LogP contribution in [-0.4, -0.2) is 18.1 Å². The van der Waals surface area contributed by atoms with Crippen LogP contribution in [0.2, 0.25) is 0 Å². The summed E-state index contributed by atoms with van der Waals surface area (Å²) in [5.41, 5.74) is 4.89. The largest absolute Gasteiger partial charge is 0.371 e. The fourth-order valence-electron chi connectivity index (χ4n) is 3.84. The van der Waals surface area contributed by atoms with E-state index in [0.29, 0.717) is 0 Å². The van der Waals surface area contributed by atoms with Crippen molar-refractivity contribution in [3.05, 3.63) is 71.5 Å².